The molecule has 1 aromatic rings. The van der Waals surface area contributed by atoms with Gasteiger partial charge in [0.15, 0.2) is 0 Å². The predicted molar refractivity (Wildman–Crippen MR) is 62.5 cm³/mol. The summed E-state index contributed by atoms with van der Waals surface area (Å²) in [7, 11) is 1.81. The molecule has 14 heavy (non-hydrogen) atoms. The number of nitrogens with zero attached hydrogens (tertiary/aromatic N) is 1. The van der Waals surface area contributed by atoms with Crippen LogP contribution < -0.4 is 4.90 Å². The van der Waals surface area contributed by atoms with Crippen LogP contribution in [-0.2, 0) is 4.79 Å². The highest BCUT2D eigenvalue weighted by molar-refractivity contribution is 9.10. The second-order valence-corrected chi connectivity index (χ2v) is 4.09. The SMILES string of the molecule is CCCC(=O)N(C)c1ccc(Br)cc1. The fourth-order valence-corrected chi connectivity index (χ4v) is 1.45. The van der Waals surface area contributed by atoms with Crippen LogP contribution in [-0.4, -0.2) is 13.0 Å². The molecule has 0 saturated heterocycles. The molecule has 1 rings (SSSR count). The first-order valence-electron chi connectivity index (χ1n) is 4.67. The van der Waals surface area contributed by atoms with Gasteiger partial charge in [0, 0.05) is 23.6 Å². The molecule has 0 spiro atoms. The molecule has 0 aliphatic rings. The molecule has 0 atom stereocenters. The molecular weight excluding hydrogens is 242 g/mol. The van der Waals surface area contributed by atoms with Crippen LogP contribution in [0, 0.1) is 0 Å². The van der Waals surface area contributed by atoms with Gasteiger partial charge in [-0.15, -0.1) is 0 Å². The average molecular weight is 256 g/mol. The van der Waals surface area contributed by atoms with Gasteiger partial charge >= 0.3 is 0 Å². The Balaban J connectivity index is 2.73. The summed E-state index contributed by atoms with van der Waals surface area (Å²) in [6.45, 7) is 2.01. The van der Waals surface area contributed by atoms with Crippen LogP contribution in [0.2, 0.25) is 0 Å². The van der Waals surface area contributed by atoms with Gasteiger partial charge in [-0.25, -0.2) is 0 Å². The van der Waals surface area contributed by atoms with Gasteiger partial charge in [0.1, 0.15) is 0 Å². The topological polar surface area (TPSA) is 20.3 Å². The van der Waals surface area contributed by atoms with E-state index in [1.807, 2.05) is 31.2 Å². The number of halogens is 1. The van der Waals surface area contributed by atoms with Crippen molar-refractivity contribution in [1.29, 1.82) is 0 Å². The van der Waals surface area contributed by atoms with Gasteiger partial charge < -0.3 is 4.90 Å². The minimum atomic E-state index is 0.162. The molecule has 1 amide bonds. The third kappa shape index (κ3) is 2.84. The maximum atomic E-state index is 11.5. The van der Waals surface area contributed by atoms with Crippen molar-refractivity contribution in [3.63, 3.8) is 0 Å². The van der Waals surface area contributed by atoms with Crippen molar-refractivity contribution in [2.24, 2.45) is 0 Å². The molecule has 0 heterocycles. The predicted octanol–water partition coefficient (Wildman–Crippen LogP) is 3.21. The summed E-state index contributed by atoms with van der Waals surface area (Å²) in [5, 5.41) is 0. The van der Waals surface area contributed by atoms with E-state index >= 15 is 0 Å². The molecule has 0 unspecified atom stereocenters. The summed E-state index contributed by atoms with van der Waals surface area (Å²) >= 11 is 3.36. The van der Waals surface area contributed by atoms with Gasteiger partial charge in [-0.05, 0) is 30.7 Å². The summed E-state index contributed by atoms with van der Waals surface area (Å²) in [5.74, 6) is 0.162. The van der Waals surface area contributed by atoms with Crippen molar-refractivity contribution >= 4 is 27.5 Å². The Bertz CT molecular complexity index is 308. The van der Waals surface area contributed by atoms with Crippen LogP contribution in [0.15, 0.2) is 28.7 Å². The zero-order valence-corrected chi connectivity index (χ0v) is 10.0. The largest absolute Gasteiger partial charge is 0.316 e. The molecule has 0 aromatic heterocycles. The molecule has 0 aliphatic heterocycles. The van der Waals surface area contributed by atoms with E-state index in [1.54, 1.807) is 11.9 Å². The van der Waals surface area contributed by atoms with Gasteiger partial charge in [-0.1, -0.05) is 22.9 Å². The molecule has 1 aromatic carbocycles. The number of amides is 1. The van der Waals surface area contributed by atoms with E-state index < -0.39 is 0 Å². The Morgan fingerprint density at radius 1 is 1.36 bits per heavy atom. The van der Waals surface area contributed by atoms with Crippen molar-refractivity contribution in [2.45, 2.75) is 19.8 Å². The first-order valence-corrected chi connectivity index (χ1v) is 5.46. The quantitative estimate of drug-likeness (QED) is 0.813. The maximum absolute atomic E-state index is 11.5. The van der Waals surface area contributed by atoms with E-state index in [-0.39, 0.29) is 5.91 Å². The van der Waals surface area contributed by atoms with Crippen LogP contribution in [0.1, 0.15) is 19.8 Å². The summed E-state index contributed by atoms with van der Waals surface area (Å²) in [6, 6.07) is 7.73. The second kappa shape index (κ2) is 5.15. The lowest BCUT2D eigenvalue weighted by atomic mass is 10.2. The highest BCUT2D eigenvalue weighted by atomic mass is 79.9. The summed E-state index contributed by atoms with van der Waals surface area (Å²) in [4.78, 5) is 13.2. The van der Waals surface area contributed by atoms with Gasteiger partial charge in [0.25, 0.3) is 0 Å². The summed E-state index contributed by atoms with van der Waals surface area (Å²) in [5.41, 5.74) is 0.937. The Kier molecular flexibility index (Phi) is 4.14. The highest BCUT2D eigenvalue weighted by Gasteiger charge is 2.08. The Labute approximate surface area is 93.0 Å². The molecule has 0 bridgehead atoms. The minimum absolute atomic E-state index is 0.162. The number of hydrogen-bond acceptors (Lipinski definition) is 1. The zero-order chi connectivity index (χ0) is 10.6. The molecule has 0 fully saturated rings. The van der Waals surface area contributed by atoms with Crippen molar-refractivity contribution in [3.8, 4) is 0 Å². The average Bonchev–Trinajstić information content (AvgIpc) is 2.18. The Hall–Kier alpha value is -0.830. The van der Waals surface area contributed by atoms with Crippen molar-refractivity contribution in [2.75, 3.05) is 11.9 Å². The highest BCUT2D eigenvalue weighted by Crippen LogP contribution is 2.17. The third-order valence-electron chi connectivity index (χ3n) is 2.05. The first kappa shape index (κ1) is 11.2. The van der Waals surface area contributed by atoms with E-state index in [1.165, 1.54) is 0 Å². The van der Waals surface area contributed by atoms with Crippen LogP contribution in [0.25, 0.3) is 0 Å². The Morgan fingerprint density at radius 3 is 2.43 bits per heavy atom. The minimum Gasteiger partial charge on any atom is -0.316 e. The lowest BCUT2D eigenvalue weighted by molar-refractivity contribution is -0.118. The number of carbonyl (C=O) groups is 1. The zero-order valence-electron chi connectivity index (χ0n) is 8.46. The first-order chi connectivity index (χ1) is 6.65. The molecule has 76 valence electrons. The van der Waals surface area contributed by atoms with Crippen LogP contribution in [0.3, 0.4) is 0 Å². The fraction of sp³-hybridized carbons (Fsp3) is 0.364. The second-order valence-electron chi connectivity index (χ2n) is 3.18. The lowest BCUT2D eigenvalue weighted by Gasteiger charge is -2.16. The smallest absolute Gasteiger partial charge is 0.226 e. The molecule has 0 aliphatic carbocycles. The summed E-state index contributed by atoms with van der Waals surface area (Å²) in [6.07, 6.45) is 1.49. The van der Waals surface area contributed by atoms with E-state index in [0.717, 1.165) is 16.6 Å². The molecule has 2 nitrogen and oxygen atoms in total. The third-order valence-corrected chi connectivity index (χ3v) is 2.58. The number of anilines is 1. The molecule has 0 N–H and O–H groups in total. The maximum Gasteiger partial charge on any atom is 0.226 e. The monoisotopic (exact) mass is 255 g/mol. The van der Waals surface area contributed by atoms with Gasteiger partial charge in [0.2, 0.25) is 5.91 Å². The number of benzene rings is 1. The van der Waals surface area contributed by atoms with E-state index in [2.05, 4.69) is 15.9 Å². The standard InChI is InChI=1S/C11H14BrNO/c1-3-4-11(14)13(2)10-7-5-9(12)6-8-10/h5-8H,3-4H2,1-2H3. The van der Waals surface area contributed by atoms with E-state index in [4.69, 9.17) is 0 Å². The van der Waals surface area contributed by atoms with Crippen LogP contribution in [0.4, 0.5) is 5.69 Å². The van der Waals surface area contributed by atoms with Gasteiger partial charge in [-0.3, -0.25) is 4.79 Å². The van der Waals surface area contributed by atoms with Crippen LogP contribution in [0.5, 0.6) is 0 Å². The lowest BCUT2D eigenvalue weighted by Crippen LogP contribution is -2.25. The summed E-state index contributed by atoms with van der Waals surface area (Å²) < 4.78 is 1.03. The van der Waals surface area contributed by atoms with Gasteiger partial charge in [-0.2, -0.15) is 0 Å². The number of rotatable bonds is 3. The van der Waals surface area contributed by atoms with Crippen molar-refractivity contribution in [1.82, 2.24) is 0 Å². The van der Waals surface area contributed by atoms with E-state index in [0.29, 0.717) is 6.42 Å². The molecule has 0 radical (unpaired) electrons. The fourth-order valence-electron chi connectivity index (χ4n) is 1.19. The molecule has 0 saturated carbocycles. The Morgan fingerprint density at radius 2 is 1.93 bits per heavy atom. The van der Waals surface area contributed by atoms with Crippen molar-refractivity contribution in [3.05, 3.63) is 28.7 Å². The van der Waals surface area contributed by atoms with Crippen LogP contribution >= 0.6 is 15.9 Å². The molecular formula is C11H14BrNO. The molecule has 3 heteroatoms. The number of hydrogen-bond donors (Lipinski definition) is 0. The number of carbonyl (C=O) groups excluding carboxylic acids is 1. The van der Waals surface area contributed by atoms with Crippen molar-refractivity contribution < 1.29 is 4.79 Å². The van der Waals surface area contributed by atoms with Gasteiger partial charge in [0.05, 0.1) is 0 Å². The normalized spacial score (nSPS) is 9.93. The van der Waals surface area contributed by atoms with E-state index in [9.17, 15) is 4.79 Å².